The highest BCUT2D eigenvalue weighted by Gasteiger charge is 2.07. The highest BCUT2D eigenvalue weighted by atomic mass is 35.5. The van der Waals surface area contributed by atoms with Gasteiger partial charge in [-0.2, -0.15) is 0 Å². The molecule has 3 heteroatoms. The van der Waals surface area contributed by atoms with Crippen molar-refractivity contribution in [2.75, 3.05) is 0 Å². The van der Waals surface area contributed by atoms with E-state index in [4.69, 9.17) is 16.7 Å². The lowest BCUT2D eigenvalue weighted by Gasteiger charge is -2.02. The van der Waals surface area contributed by atoms with Crippen molar-refractivity contribution in [1.29, 1.82) is 0 Å². The Labute approximate surface area is 65.5 Å². The number of carboxylic acids is 1. The molecule has 0 spiro atoms. The molecule has 0 radical (unpaired) electrons. The van der Waals surface area contributed by atoms with Gasteiger partial charge in [0, 0.05) is 11.1 Å². The van der Waals surface area contributed by atoms with Crippen LogP contribution in [-0.4, -0.2) is 11.1 Å². The summed E-state index contributed by atoms with van der Waals surface area (Å²) in [5.74, 6) is -0.593. The molecule has 58 valence electrons. The minimum absolute atomic E-state index is 0.275. The second-order valence-corrected chi connectivity index (χ2v) is 2.76. The molecule has 2 nitrogen and oxygen atoms in total. The quantitative estimate of drug-likeness (QED) is 0.647. The Hall–Kier alpha value is -0.500. The summed E-state index contributed by atoms with van der Waals surface area (Å²) in [6.45, 7) is 3.90. The molecule has 0 heterocycles. The smallest absolute Gasteiger partial charge is 0.332 e. The van der Waals surface area contributed by atoms with Gasteiger partial charge in [-0.1, -0.05) is 25.4 Å². The number of hydrogen-bond donors (Lipinski definition) is 1. The third kappa shape index (κ3) is 3.51. The lowest BCUT2D eigenvalue weighted by Crippen LogP contribution is -2.02. The van der Waals surface area contributed by atoms with Crippen LogP contribution in [0.5, 0.6) is 0 Å². The molecule has 0 fully saturated rings. The van der Waals surface area contributed by atoms with Gasteiger partial charge in [0.2, 0.25) is 0 Å². The molecule has 0 aromatic carbocycles. The standard InChI is InChI=1S/C7H11ClO2/c1-5(2)3-6(4-8)7(9)10/h4-5H,3H2,1-2H3,(H,9,10)/b6-4-. The molecule has 0 aliphatic rings. The van der Waals surface area contributed by atoms with Crippen molar-refractivity contribution in [3.63, 3.8) is 0 Å². The van der Waals surface area contributed by atoms with Crippen LogP contribution < -0.4 is 0 Å². The van der Waals surface area contributed by atoms with E-state index >= 15 is 0 Å². The van der Waals surface area contributed by atoms with E-state index in [1.165, 1.54) is 0 Å². The molecule has 0 aromatic rings. The van der Waals surface area contributed by atoms with Gasteiger partial charge in [0.25, 0.3) is 0 Å². The molecule has 0 bridgehead atoms. The summed E-state index contributed by atoms with van der Waals surface area (Å²) in [5.41, 5.74) is 1.40. The number of rotatable bonds is 3. The normalized spacial score (nSPS) is 12.2. The number of hydrogen-bond acceptors (Lipinski definition) is 1. The van der Waals surface area contributed by atoms with E-state index in [2.05, 4.69) is 0 Å². The van der Waals surface area contributed by atoms with Gasteiger partial charge in [-0.05, 0) is 12.3 Å². The Morgan fingerprint density at radius 1 is 1.70 bits per heavy atom. The van der Waals surface area contributed by atoms with Gasteiger partial charge in [-0.25, -0.2) is 4.79 Å². The summed E-state index contributed by atoms with van der Waals surface area (Å²) < 4.78 is 0. The summed E-state index contributed by atoms with van der Waals surface area (Å²) in [5, 5.41) is 8.47. The largest absolute Gasteiger partial charge is 0.478 e. The van der Waals surface area contributed by atoms with Crippen LogP contribution in [0.3, 0.4) is 0 Å². The first-order chi connectivity index (χ1) is 4.57. The van der Waals surface area contributed by atoms with Crippen molar-refractivity contribution in [3.8, 4) is 0 Å². The van der Waals surface area contributed by atoms with Gasteiger partial charge < -0.3 is 5.11 Å². The van der Waals surface area contributed by atoms with Crippen LogP contribution in [0.25, 0.3) is 0 Å². The molecule has 0 aliphatic carbocycles. The van der Waals surface area contributed by atoms with Gasteiger partial charge in [-0.3, -0.25) is 0 Å². The van der Waals surface area contributed by atoms with E-state index in [9.17, 15) is 4.79 Å². The molecule has 1 N–H and O–H groups in total. The predicted molar refractivity (Wildman–Crippen MR) is 41.0 cm³/mol. The monoisotopic (exact) mass is 162 g/mol. The molecule has 0 aliphatic heterocycles. The first-order valence-corrected chi connectivity index (χ1v) is 3.54. The van der Waals surface area contributed by atoms with Crippen molar-refractivity contribution in [3.05, 3.63) is 11.1 Å². The fraction of sp³-hybridized carbons (Fsp3) is 0.571. The van der Waals surface area contributed by atoms with Crippen LogP contribution in [-0.2, 0) is 4.79 Å². The van der Waals surface area contributed by atoms with E-state index in [0.717, 1.165) is 5.54 Å². The molecule has 0 aromatic heterocycles. The number of carboxylic acid groups (broad SMARTS) is 1. The topological polar surface area (TPSA) is 37.3 Å². The third-order valence-electron chi connectivity index (χ3n) is 1.03. The molecular formula is C7H11ClO2. The van der Waals surface area contributed by atoms with Crippen LogP contribution in [0.15, 0.2) is 11.1 Å². The zero-order valence-electron chi connectivity index (χ0n) is 6.10. The van der Waals surface area contributed by atoms with Crippen LogP contribution >= 0.6 is 11.6 Å². The minimum Gasteiger partial charge on any atom is -0.478 e. The second-order valence-electron chi connectivity index (χ2n) is 2.54. The first-order valence-electron chi connectivity index (χ1n) is 3.10. The van der Waals surface area contributed by atoms with Crippen molar-refractivity contribution < 1.29 is 9.90 Å². The van der Waals surface area contributed by atoms with Crippen molar-refractivity contribution in [1.82, 2.24) is 0 Å². The highest BCUT2D eigenvalue weighted by molar-refractivity contribution is 6.27. The fourth-order valence-corrected chi connectivity index (χ4v) is 0.801. The SMILES string of the molecule is CC(C)C/C(=C/Cl)C(=O)O. The van der Waals surface area contributed by atoms with Crippen molar-refractivity contribution in [2.24, 2.45) is 5.92 Å². The maximum atomic E-state index is 10.3. The molecule has 0 amide bonds. The van der Waals surface area contributed by atoms with Crippen LogP contribution in [0.2, 0.25) is 0 Å². The van der Waals surface area contributed by atoms with Crippen LogP contribution in [0.1, 0.15) is 20.3 Å². The summed E-state index contributed by atoms with van der Waals surface area (Å²) in [7, 11) is 0. The van der Waals surface area contributed by atoms with E-state index in [0.29, 0.717) is 12.3 Å². The van der Waals surface area contributed by atoms with Crippen molar-refractivity contribution in [2.45, 2.75) is 20.3 Å². The Morgan fingerprint density at radius 3 is 2.30 bits per heavy atom. The van der Waals surface area contributed by atoms with Gasteiger partial charge >= 0.3 is 5.97 Å². The lowest BCUT2D eigenvalue weighted by atomic mass is 10.1. The maximum Gasteiger partial charge on any atom is 0.332 e. The summed E-state index contributed by atoms with van der Waals surface area (Å²) >= 11 is 5.26. The predicted octanol–water partition coefficient (Wildman–Crippen LogP) is 2.24. The van der Waals surface area contributed by atoms with Gasteiger partial charge in [-0.15, -0.1) is 0 Å². The Kier molecular flexibility index (Phi) is 4.12. The maximum absolute atomic E-state index is 10.3. The zero-order valence-corrected chi connectivity index (χ0v) is 6.85. The minimum atomic E-state index is -0.927. The zero-order chi connectivity index (χ0) is 8.15. The molecular weight excluding hydrogens is 152 g/mol. The average molecular weight is 163 g/mol. The summed E-state index contributed by atoms with van der Waals surface area (Å²) in [6, 6.07) is 0. The summed E-state index contributed by atoms with van der Waals surface area (Å²) in [4.78, 5) is 10.3. The Morgan fingerprint density at radius 2 is 2.20 bits per heavy atom. The van der Waals surface area contributed by atoms with Crippen LogP contribution in [0.4, 0.5) is 0 Å². The van der Waals surface area contributed by atoms with E-state index in [-0.39, 0.29) is 5.57 Å². The Bertz CT molecular complexity index is 150. The molecule has 10 heavy (non-hydrogen) atoms. The second kappa shape index (κ2) is 4.34. The van der Waals surface area contributed by atoms with Gasteiger partial charge in [0.05, 0.1) is 0 Å². The Balaban J connectivity index is 3.99. The van der Waals surface area contributed by atoms with E-state index in [1.807, 2.05) is 13.8 Å². The molecule has 0 rings (SSSR count). The van der Waals surface area contributed by atoms with E-state index < -0.39 is 5.97 Å². The lowest BCUT2D eigenvalue weighted by molar-refractivity contribution is -0.132. The van der Waals surface area contributed by atoms with Gasteiger partial charge in [0.1, 0.15) is 0 Å². The van der Waals surface area contributed by atoms with Crippen LogP contribution in [0, 0.1) is 5.92 Å². The third-order valence-corrected chi connectivity index (χ3v) is 1.30. The van der Waals surface area contributed by atoms with Gasteiger partial charge in [0.15, 0.2) is 0 Å². The molecule has 0 saturated carbocycles. The van der Waals surface area contributed by atoms with Crippen molar-refractivity contribution >= 4 is 17.6 Å². The number of aliphatic carboxylic acids is 1. The summed E-state index contributed by atoms with van der Waals surface area (Å²) in [6.07, 6.45) is 0.527. The highest BCUT2D eigenvalue weighted by Crippen LogP contribution is 2.11. The van der Waals surface area contributed by atoms with E-state index in [1.54, 1.807) is 0 Å². The molecule has 0 unspecified atom stereocenters. The first kappa shape index (κ1) is 9.50. The molecule has 0 saturated heterocycles. The number of halogens is 1. The molecule has 0 atom stereocenters. The number of carbonyl (C=O) groups is 1. The average Bonchev–Trinajstić information content (AvgIpc) is 1.81. The fourth-order valence-electron chi connectivity index (χ4n) is 0.618.